The molecule has 1 atom stereocenters. The average Bonchev–Trinajstić information content (AvgIpc) is 2.80. The Hall–Kier alpha value is -1.55. The van der Waals surface area contributed by atoms with Crippen LogP contribution in [0.1, 0.15) is 12.0 Å². The van der Waals surface area contributed by atoms with E-state index < -0.39 is 5.97 Å². The second-order valence-corrected chi connectivity index (χ2v) is 4.74. The number of ether oxygens (including phenoxy) is 1. The fraction of sp³-hybridized carbons (Fsp3) is 0.500. The predicted octanol–water partition coefficient (Wildman–Crippen LogP) is 1.78. The largest absolute Gasteiger partial charge is 0.492 e. The standard InChI is InChI=1S/C14H19NO3/c1-11-4-2-3-5-13(11)18-9-8-15-7-6-12(10-15)14(16)17/h2-5,12H,6-10H2,1H3,(H,16,17). The maximum atomic E-state index is 10.8. The molecular weight excluding hydrogens is 230 g/mol. The first-order chi connectivity index (χ1) is 8.66. The number of hydrogen-bond donors (Lipinski definition) is 1. The molecule has 1 aliphatic rings. The molecule has 4 nitrogen and oxygen atoms in total. The summed E-state index contributed by atoms with van der Waals surface area (Å²) in [6.07, 6.45) is 0.750. The van der Waals surface area contributed by atoms with Gasteiger partial charge in [-0.05, 0) is 31.5 Å². The van der Waals surface area contributed by atoms with E-state index in [1.807, 2.05) is 31.2 Å². The van der Waals surface area contributed by atoms with Crippen LogP contribution < -0.4 is 4.74 Å². The highest BCUT2D eigenvalue weighted by Crippen LogP contribution is 2.18. The van der Waals surface area contributed by atoms with Crippen molar-refractivity contribution in [1.82, 2.24) is 4.90 Å². The van der Waals surface area contributed by atoms with Gasteiger partial charge < -0.3 is 9.84 Å². The summed E-state index contributed by atoms with van der Waals surface area (Å²) in [6, 6.07) is 7.92. The monoisotopic (exact) mass is 249 g/mol. The lowest BCUT2D eigenvalue weighted by Gasteiger charge is -2.16. The second-order valence-electron chi connectivity index (χ2n) is 4.74. The number of likely N-dealkylation sites (tertiary alicyclic amines) is 1. The van der Waals surface area contributed by atoms with Crippen molar-refractivity contribution in [2.24, 2.45) is 5.92 Å². The molecule has 0 aliphatic carbocycles. The van der Waals surface area contributed by atoms with Crippen LogP contribution in [0.4, 0.5) is 0 Å². The number of rotatable bonds is 5. The van der Waals surface area contributed by atoms with E-state index in [1.165, 1.54) is 0 Å². The molecule has 1 aromatic rings. The lowest BCUT2D eigenvalue weighted by molar-refractivity contribution is -0.141. The van der Waals surface area contributed by atoms with Crippen molar-refractivity contribution in [3.05, 3.63) is 29.8 Å². The zero-order chi connectivity index (χ0) is 13.0. The van der Waals surface area contributed by atoms with Gasteiger partial charge in [0.15, 0.2) is 0 Å². The normalized spacial score (nSPS) is 19.9. The molecule has 1 heterocycles. The fourth-order valence-corrected chi connectivity index (χ4v) is 2.24. The Morgan fingerprint density at radius 3 is 2.94 bits per heavy atom. The van der Waals surface area contributed by atoms with Crippen molar-refractivity contribution in [2.45, 2.75) is 13.3 Å². The van der Waals surface area contributed by atoms with Crippen LogP contribution in [0.5, 0.6) is 5.75 Å². The van der Waals surface area contributed by atoms with E-state index >= 15 is 0 Å². The summed E-state index contributed by atoms with van der Waals surface area (Å²) in [7, 11) is 0. The van der Waals surface area contributed by atoms with Gasteiger partial charge in [-0.2, -0.15) is 0 Å². The smallest absolute Gasteiger partial charge is 0.307 e. The second kappa shape index (κ2) is 5.87. The van der Waals surface area contributed by atoms with Gasteiger partial charge in [-0.15, -0.1) is 0 Å². The Labute approximate surface area is 107 Å². The van der Waals surface area contributed by atoms with Gasteiger partial charge in [0.1, 0.15) is 12.4 Å². The fourth-order valence-electron chi connectivity index (χ4n) is 2.24. The summed E-state index contributed by atoms with van der Waals surface area (Å²) in [5, 5.41) is 8.91. The summed E-state index contributed by atoms with van der Waals surface area (Å²) in [5.74, 6) is 0.0206. The molecule has 1 aromatic carbocycles. The van der Waals surface area contributed by atoms with E-state index in [9.17, 15) is 4.79 Å². The molecule has 0 bridgehead atoms. The van der Waals surface area contributed by atoms with Crippen molar-refractivity contribution < 1.29 is 14.6 Å². The van der Waals surface area contributed by atoms with Gasteiger partial charge in [-0.1, -0.05) is 18.2 Å². The zero-order valence-corrected chi connectivity index (χ0v) is 10.6. The highest BCUT2D eigenvalue weighted by Gasteiger charge is 2.27. The highest BCUT2D eigenvalue weighted by atomic mass is 16.5. The number of hydrogen-bond acceptors (Lipinski definition) is 3. The van der Waals surface area contributed by atoms with Crippen LogP contribution in [-0.2, 0) is 4.79 Å². The van der Waals surface area contributed by atoms with Gasteiger partial charge in [-0.3, -0.25) is 9.69 Å². The van der Waals surface area contributed by atoms with Gasteiger partial charge in [0, 0.05) is 13.1 Å². The van der Waals surface area contributed by atoms with E-state index in [0.29, 0.717) is 13.2 Å². The Bertz CT molecular complexity index is 419. The number of aryl methyl sites for hydroxylation is 1. The molecule has 0 spiro atoms. The Morgan fingerprint density at radius 1 is 1.50 bits per heavy atom. The lowest BCUT2D eigenvalue weighted by Crippen LogP contribution is -2.27. The lowest BCUT2D eigenvalue weighted by atomic mass is 10.1. The molecule has 18 heavy (non-hydrogen) atoms. The number of nitrogens with zero attached hydrogens (tertiary/aromatic N) is 1. The first-order valence-electron chi connectivity index (χ1n) is 6.30. The van der Waals surface area contributed by atoms with Gasteiger partial charge in [0.2, 0.25) is 0 Å². The SMILES string of the molecule is Cc1ccccc1OCCN1CCC(C(=O)O)C1. The van der Waals surface area contributed by atoms with Crippen molar-refractivity contribution in [1.29, 1.82) is 0 Å². The minimum atomic E-state index is -0.683. The van der Waals surface area contributed by atoms with Gasteiger partial charge in [0.05, 0.1) is 5.92 Å². The van der Waals surface area contributed by atoms with E-state index in [4.69, 9.17) is 9.84 Å². The molecule has 1 aliphatic heterocycles. The Morgan fingerprint density at radius 2 is 2.28 bits per heavy atom. The molecule has 0 saturated carbocycles. The molecule has 0 amide bonds. The van der Waals surface area contributed by atoms with Gasteiger partial charge in [0.25, 0.3) is 0 Å². The summed E-state index contributed by atoms with van der Waals surface area (Å²) in [6.45, 7) is 4.92. The maximum Gasteiger partial charge on any atom is 0.307 e. The van der Waals surface area contributed by atoms with Crippen molar-refractivity contribution in [3.63, 3.8) is 0 Å². The third kappa shape index (κ3) is 3.23. The summed E-state index contributed by atoms with van der Waals surface area (Å²) in [5.41, 5.74) is 1.13. The molecular formula is C14H19NO3. The van der Waals surface area contributed by atoms with Crippen LogP contribution in [0, 0.1) is 12.8 Å². The molecule has 1 unspecified atom stereocenters. The van der Waals surface area contributed by atoms with Crippen LogP contribution in [0.2, 0.25) is 0 Å². The first-order valence-corrected chi connectivity index (χ1v) is 6.30. The maximum absolute atomic E-state index is 10.8. The predicted molar refractivity (Wildman–Crippen MR) is 68.9 cm³/mol. The zero-order valence-electron chi connectivity index (χ0n) is 10.6. The van der Waals surface area contributed by atoms with Crippen molar-refractivity contribution in [2.75, 3.05) is 26.2 Å². The number of para-hydroxylation sites is 1. The quantitative estimate of drug-likeness (QED) is 0.864. The van der Waals surface area contributed by atoms with E-state index in [2.05, 4.69) is 4.90 Å². The first kappa shape index (κ1) is 12.9. The van der Waals surface area contributed by atoms with Crippen LogP contribution in [0.15, 0.2) is 24.3 Å². The third-order valence-corrected chi connectivity index (χ3v) is 3.38. The molecule has 0 aromatic heterocycles. The van der Waals surface area contributed by atoms with Crippen LogP contribution in [0.25, 0.3) is 0 Å². The van der Waals surface area contributed by atoms with Gasteiger partial charge in [-0.25, -0.2) is 0 Å². The molecule has 4 heteroatoms. The molecule has 98 valence electrons. The van der Waals surface area contributed by atoms with Crippen LogP contribution in [0.3, 0.4) is 0 Å². The molecule has 1 saturated heterocycles. The molecule has 0 radical (unpaired) electrons. The number of carboxylic acid groups (broad SMARTS) is 1. The third-order valence-electron chi connectivity index (χ3n) is 3.38. The van der Waals surface area contributed by atoms with Crippen LogP contribution in [-0.4, -0.2) is 42.2 Å². The Balaban J connectivity index is 1.74. The van der Waals surface area contributed by atoms with Crippen LogP contribution >= 0.6 is 0 Å². The average molecular weight is 249 g/mol. The number of carboxylic acids is 1. The topological polar surface area (TPSA) is 49.8 Å². The Kier molecular flexibility index (Phi) is 4.20. The summed E-state index contributed by atoms with van der Waals surface area (Å²) < 4.78 is 5.71. The summed E-state index contributed by atoms with van der Waals surface area (Å²) in [4.78, 5) is 13.0. The minimum Gasteiger partial charge on any atom is -0.492 e. The minimum absolute atomic E-state index is 0.205. The molecule has 2 rings (SSSR count). The number of carbonyl (C=O) groups is 1. The van der Waals surface area contributed by atoms with E-state index in [0.717, 1.165) is 30.8 Å². The van der Waals surface area contributed by atoms with E-state index in [-0.39, 0.29) is 5.92 Å². The van der Waals surface area contributed by atoms with Crippen molar-refractivity contribution in [3.8, 4) is 5.75 Å². The summed E-state index contributed by atoms with van der Waals surface area (Å²) >= 11 is 0. The molecule has 1 N–H and O–H groups in total. The molecule has 1 fully saturated rings. The highest BCUT2D eigenvalue weighted by molar-refractivity contribution is 5.70. The number of aliphatic carboxylic acids is 1. The number of benzene rings is 1. The van der Waals surface area contributed by atoms with Crippen molar-refractivity contribution >= 4 is 5.97 Å². The van der Waals surface area contributed by atoms with E-state index in [1.54, 1.807) is 0 Å². The van der Waals surface area contributed by atoms with Gasteiger partial charge >= 0.3 is 5.97 Å².